The van der Waals surface area contributed by atoms with Gasteiger partial charge in [0.05, 0.1) is 0 Å². The van der Waals surface area contributed by atoms with Crippen LogP contribution in [0.15, 0.2) is 0 Å². The fourth-order valence-electron chi connectivity index (χ4n) is 3.74. The molecule has 0 aliphatic rings. The molecule has 0 N–H and O–H groups in total. The van der Waals surface area contributed by atoms with Crippen LogP contribution < -0.4 is 29.6 Å². The first kappa shape index (κ1) is 32.3. The van der Waals surface area contributed by atoms with Crippen LogP contribution in [0.25, 0.3) is 0 Å². The normalized spacial score (nSPS) is 10.6. The molecule has 174 valence electrons. The van der Waals surface area contributed by atoms with Crippen molar-refractivity contribution in [2.75, 3.05) is 0 Å². The minimum absolute atomic E-state index is 0. The van der Waals surface area contributed by atoms with Crippen LogP contribution in [0.5, 0.6) is 0 Å². The standard InChI is InChI=1S/C26H50O3.Na.H/c1-3-5-7-9-10-11-12-13-14-15-16-17-18-20-22-24-26(28)29-25(27)23-21-19-8-6-4-2;;/h3-24H2,1-2H3;;/q;+1;-1. The molecule has 0 heterocycles. The molecule has 30 heavy (non-hydrogen) atoms. The van der Waals surface area contributed by atoms with Gasteiger partial charge in [-0.15, -0.1) is 0 Å². The number of carbonyl (C=O) groups excluding carboxylic acids is 2. The Bertz CT molecular complexity index is 378. The molecule has 0 saturated heterocycles. The molecule has 0 bridgehead atoms. The molecule has 3 nitrogen and oxygen atoms in total. The molecule has 0 saturated carbocycles. The average molecular weight is 435 g/mol. The van der Waals surface area contributed by atoms with Crippen molar-refractivity contribution in [1.82, 2.24) is 0 Å². The molecule has 0 aromatic carbocycles. The van der Waals surface area contributed by atoms with Crippen molar-refractivity contribution in [1.29, 1.82) is 0 Å². The van der Waals surface area contributed by atoms with Crippen LogP contribution in [0.2, 0.25) is 0 Å². The van der Waals surface area contributed by atoms with Gasteiger partial charge in [0.25, 0.3) is 0 Å². The molecular weight excluding hydrogens is 383 g/mol. The van der Waals surface area contributed by atoms with Gasteiger partial charge in [-0.1, -0.05) is 129 Å². The molecule has 0 aliphatic carbocycles. The van der Waals surface area contributed by atoms with Gasteiger partial charge in [0.1, 0.15) is 0 Å². The van der Waals surface area contributed by atoms with Crippen LogP contribution in [0.3, 0.4) is 0 Å². The maximum atomic E-state index is 11.7. The number of carbonyl (C=O) groups is 2. The minimum atomic E-state index is -0.340. The van der Waals surface area contributed by atoms with Crippen molar-refractivity contribution >= 4 is 11.9 Å². The van der Waals surface area contributed by atoms with Crippen molar-refractivity contribution in [3.8, 4) is 0 Å². The van der Waals surface area contributed by atoms with E-state index in [4.69, 9.17) is 4.74 Å². The van der Waals surface area contributed by atoms with Crippen LogP contribution in [0, 0.1) is 0 Å². The van der Waals surface area contributed by atoms with Gasteiger partial charge >= 0.3 is 41.5 Å². The number of ether oxygens (including phenoxy) is 1. The van der Waals surface area contributed by atoms with Gasteiger partial charge in [0.2, 0.25) is 0 Å². The van der Waals surface area contributed by atoms with Crippen LogP contribution >= 0.6 is 0 Å². The summed E-state index contributed by atoms with van der Waals surface area (Å²) in [7, 11) is 0. The van der Waals surface area contributed by atoms with Crippen LogP contribution in [0.1, 0.15) is 157 Å². The number of hydrogen-bond acceptors (Lipinski definition) is 3. The summed E-state index contributed by atoms with van der Waals surface area (Å²) in [5.41, 5.74) is 0. The first-order chi connectivity index (χ1) is 14.2. The monoisotopic (exact) mass is 434 g/mol. The topological polar surface area (TPSA) is 43.4 Å². The average Bonchev–Trinajstić information content (AvgIpc) is 2.70. The molecule has 0 atom stereocenters. The summed E-state index contributed by atoms with van der Waals surface area (Å²) in [6, 6.07) is 0. The second-order valence-corrected chi connectivity index (χ2v) is 8.71. The predicted octanol–water partition coefficient (Wildman–Crippen LogP) is 5.79. The number of hydrogen-bond donors (Lipinski definition) is 0. The van der Waals surface area contributed by atoms with Crippen molar-refractivity contribution in [2.45, 2.75) is 155 Å². The fourth-order valence-corrected chi connectivity index (χ4v) is 3.74. The van der Waals surface area contributed by atoms with Gasteiger partial charge in [-0.25, -0.2) is 0 Å². The molecule has 0 amide bonds. The molecule has 0 radical (unpaired) electrons. The van der Waals surface area contributed by atoms with Crippen LogP contribution in [0.4, 0.5) is 0 Å². The summed E-state index contributed by atoms with van der Waals surface area (Å²) in [5.74, 6) is -0.675. The Kier molecular flexibility index (Phi) is 29.3. The van der Waals surface area contributed by atoms with Gasteiger partial charge in [-0.05, 0) is 12.8 Å². The first-order valence-corrected chi connectivity index (χ1v) is 12.9. The Labute approximate surface area is 211 Å². The summed E-state index contributed by atoms with van der Waals surface area (Å²) >= 11 is 0. The zero-order valence-corrected chi connectivity index (χ0v) is 22.8. The van der Waals surface area contributed by atoms with E-state index >= 15 is 0 Å². The largest absolute Gasteiger partial charge is 1.00 e. The zero-order chi connectivity index (χ0) is 21.4. The zero-order valence-electron chi connectivity index (χ0n) is 21.8. The van der Waals surface area contributed by atoms with E-state index < -0.39 is 0 Å². The third kappa shape index (κ3) is 26.2. The molecule has 0 aromatic heterocycles. The summed E-state index contributed by atoms with van der Waals surface area (Å²) < 4.78 is 4.90. The maximum absolute atomic E-state index is 11.7. The third-order valence-corrected chi connectivity index (χ3v) is 5.70. The van der Waals surface area contributed by atoms with E-state index in [2.05, 4.69) is 13.8 Å². The van der Waals surface area contributed by atoms with E-state index in [0.29, 0.717) is 12.8 Å². The van der Waals surface area contributed by atoms with Crippen molar-refractivity contribution in [2.24, 2.45) is 0 Å². The van der Waals surface area contributed by atoms with E-state index in [1.165, 1.54) is 96.3 Å². The van der Waals surface area contributed by atoms with Crippen LogP contribution in [-0.4, -0.2) is 11.9 Å². The molecule has 4 heteroatoms. The first-order valence-electron chi connectivity index (χ1n) is 12.9. The Morgan fingerprint density at radius 1 is 0.467 bits per heavy atom. The molecule has 0 aliphatic heterocycles. The second kappa shape index (κ2) is 27.2. The van der Waals surface area contributed by atoms with Gasteiger partial charge < -0.3 is 6.16 Å². The van der Waals surface area contributed by atoms with Crippen molar-refractivity contribution in [3.05, 3.63) is 0 Å². The molecule has 0 spiro atoms. The Balaban J connectivity index is -0.00000392. The second-order valence-electron chi connectivity index (χ2n) is 8.71. The SMILES string of the molecule is CCCCCCCCCCCCCCCCCC(=O)OC(=O)CCCCCCC.[H-].[Na+]. The number of unbranched alkanes of at least 4 members (excludes halogenated alkanes) is 18. The summed E-state index contributed by atoms with van der Waals surface area (Å²) in [6.45, 7) is 4.44. The molecule has 0 unspecified atom stereocenters. The van der Waals surface area contributed by atoms with Crippen LogP contribution in [-0.2, 0) is 14.3 Å². The summed E-state index contributed by atoms with van der Waals surface area (Å²) in [6.07, 6.45) is 25.9. The van der Waals surface area contributed by atoms with Crippen molar-refractivity contribution in [3.63, 3.8) is 0 Å². The fraction of sp³-hybridized carbons (Fsp3) is 0.923. The van der Waals surface area contributed by atoms with Gasteiger partial charge in [-0.2, -0.15) is 0 Å². The molecular formula is C26H51NaO3. The van der Waals surface area contributed by atoms with Gasteiger partial charge in [-0.3, -0.25) is 9.59 Å². The molecule has 0 rings (SSSR count). The Hall–Kier alpha value is 0.140. The summed E-state index contributed by atoms with van der Waals surface area (Å²) in [5, 5.41) is 0. The Morgan fingerprint density at radius 3 is 0.967 bits per heavy atom. The van der Waals surface area contributed by atoms with E-state index in [1.807, 2.05) is 0 Å². The van der Waals surface area contributed by atoms with Crippen molar-refractivity contribution < 1.29 is 45.3 Å². The van der Waals surface area contributed by atoms with E-state index in [9.17, 15) is 9.59 Å². The van der Waals surface area contributed by atoms with E-state index in [1.54, 1.807) is 0 Å². The van der Waals surface area contributed by atoms with E-state index in [0.717, 1.165) is 32.1 Å². The smallest absolute Gasteiger partial charge is 1.00 e. The third-order valence-electron chi connectivity index (χ3n) is 5.70. The molecule has 0 aromatic rings. The van der Waals surface area contributed by atoms with Gasteiger partial charge in [0, 0.05) is 12.8 Å². The molecule has 0 fully saturated rings. The van der Waals surface area contributed by atoms with Gasteiger partial charge in [0.15, 0.2) is 0 Å². The Morgan fingerprint density at radius 2 is 0.700 bits per heavy atom. The maximum Gasteiger partial charge on any atom is 1.00 e. The quantitative estimate of drug-likeness (QED) is 0.0937. The number of esters is 2. The minimum Gasteiger partial charge on any atom is -1.00 e. The number of rotatable bonds is 22. The van der Waals surface area contributed by atoms with E-state index in [-0.39, 0.29) is 42.9 Å². The summed E-state index contributed by atoms with van der Waals surface area (Å²) in [4.78, 5) is 23.3. The predicted molar refractivity (Wildman–Crippen MR) is 125 cm³/mol.